The van der Waals surface area contributed by atoms with Crippen LogP contribution >= 0.6 is 0 Å². The Morgan fingerprint density at radius 2 is 1.90 bits per heavy atom. The van der Waals surface area contributed by atoms with Gasteiger partial charge >= 0.3 is 0 Å². The summed E-state index contributed by atoms with van der Waals surface area (Å²) in [7, 11) is 0. The fraction of sp³-hybridized carbons (Fsp3) is 0.471. The second kappa shape index (κ2) is 7.27. The van der Waals surface area contributed by atoms with E-state index in [2.05, 4.69) is 38.0 Å². The van der Waals surface area contributed by atoms with Crippen LogP contribution in [0.4, 0.5) is 0 Å². The van der Waals surface area contributed by atoms with Crippen LogP contribution < -0.4 is 10.5 Å². The monoisotopic (exact) mass is 287 g/mol. The van der Waals surface area contributed by atoms with Crippen molar-refractivity contribution in [2.75, 3.05) is 13.2 Å². The lowest BCUT2D eigenvalue weighted by atomic mass is 10.1. The molecule has 0 saturated carbocycles. The highest BCUT2D eigenvalue weighted by Gasteiger charge is 2.09. The van der Waals surface area contributed by atoms with E-state index in [4.69, 9.17) is 10.5 Å². The molecule has 0 aliphatic rings. The van der Waals surface area contributed by atoms with E-state index < -0.39 is 0 Å². The Labute approximate surface area is 126 Å². The van der Waals surface area contributed by atoms with Crippen molar-refractivity contribution in [2.45, 2.75) is 40.2 Å². The van der Waals surface area contributed by atoms with E-state index in [9.17, 15) is 0 Å². The molecule has 0 radical (unpaired) electrons. The van der Waals surface area contributed by atoms with E-state index in [1.165, 1.54) is 16.8 Å². The molecule has 0 fully saturated rings. The highest BCUT2D eigenvalue weighted by atomic mass is 16.5. The van der Waals surface area contributed by atoms with Crippen LogP contribution in [-0.4, -0.2) is 22.9 Å². The molecule has 2 rings (SSSR count). The number of aryl methyl sites for hydroxylation is 1. The summed E-state index contributed by atoms with van der Waals surface area (Å²) in [6.45, 7) is 8.44. The average molecular weight is 287 g/mol. The maximum atomic E-state index is 5.79. The first-order chi connectivity index (χ1) is 10.2. The summed E-state index contributed by atoms with van der Waals surface area (Å²) < 4.78 is 7.83. The topological polar surface area (TPSA) is 53.1 Å². The molecule has 0 unspecified atom stereocenters. The standard InChI is InChI=1S/C17H25N3O/c1-4-17-13(2)19-20(14(17)3)11-12-21-16-7-5-15(6-8-16)9-10-18/h5-8H,4,9-12,18H2,1-3H3. The molecule has 0 atom stereocenters. The molecule has 0 amide bonds. The van der Waals surface area contributed by atoms with Gasteiger partial charge < -0.3 is 10.5 Å². The lowest BCUT2D eigenvalue weighted by molar-refractivity contribution is 0.289. The second-order valence-corrected chi connectivity index (χ2v) is 5.26. The zero-order chi connectivity index (χ0) is 15.2. The fourth-order valence-electron chi connectivity index (χ4n) is 2.63. The van der Waals surface area contributed by atoms with Crippen molar-refractivity contribution in [1.29, 1.82) is 0 Å². The van der Waals surface area contributed by atoms with Crippen molar-refractivity contribution in [1.82, 2.24) is 9.78 Å². The predicted octanol–water partition coefficient (Wildman–Crippen LogP) is 2.64. The van der Waals surface area contributed by atoms with Gasteiger partial charge in [0.1, 0.15) is 12.4 Å². The largest absolute Gasteiger partial charge is 0.492 e. The van der Waals surface area contributed by atoms with Crippen LogP contribution in [0.1, 0.15) is 29.4 Å². The van der Waals surface area contributed by atoms with E-state index in [1.54, 1.807) is 0 Å². The molecule has 1 aromatic carbocycles. The Kier molecular flexibility index (Phi) is 5.39. The minimum absolute atomic E-state index is 0.626. The number of hydrogen-bond donors (Lipinski definition) is 1. The molecule has 0 spiro atoms. The molecule has 1 heterocycles. The van der Waals surface area contributed by atoms with Gasteiger partial charge in [0.05, 0.1) is 12.2 Å². The van der Waals surface area contributed by atoms with Crippen molar-refractivity contribution in [2.24, 2.45) is 5.73 Å². The first-order valence-electron chi connectivity index (χ1n) is 7.60. The van der Waals surface area contributed by atoms with Gasteiger partial charge in [-0.05, 0) is 56.5 Å². The van der Waals surface area contributed by atoms with E-state index in [-0.39, 0.29) is 0 Å². The van der Waals surface area contributed by atoms with Gasteiger partial charge in [-0.25, -0.2) is 0 Å². The Hall–Kier alpha value is -1.81. The molecule has 114 valence electrons. The van der Waals surface area contributed by atoms with Crippen molar-refractivity contribution in [3.8, 4) is 5.75 Å². The van der Waals surface area contributed by atoms with Gasteiger partial charge in [0, 0.05) is 5.69 Å². The molecule has 0 bridgehead atoms. The van der Waals surface area contributed by atoms with Gasteiger partial charge in [0.2, 0.25) is 0 Å². The SMILES string of the molecule is CCc1c(C)nn(CCOc2ccc(CCN)cc2)c1C. The Morgan fingerprint density at radius 1 is 1.19 bits per heavy atom. The number of rotatable bonds is 7. The third-order valence-electron chi connectivity index (χ3n) is 3.81. The number of nitrogens with two attached hydrogens (primary N) is 1. The molecule has 4 nitrogen and oxygen atoms in total. The lowest BCUT2D eigenvalue weighted by Gasteiger charge is -2.08. The Morgan fingerprint density at radius 3 is 2.48 bits per heavy atom. The van der Waals surface area contributed by atoms with Gasteiger partial charge in [-0.3, -0.25) is 4.68 Å². The summed E-state index contributed by atoms with van der Waals surface area (Å²) in [6.07, 6.45) is 1.94. The van der Waals surface area contributed by atoms with Crippen LogP contribution in [-0.2, 0) is 19.4 Å². The van der Waals surface area contributed by atoms with Gasteiger partial charge in [-0.2, -0.15) is 5.10 Å². The van der Waals surface area contributed by atoms with Crippen LogP contribution in [0.25, 0.3) is 0 Å². The molecule has 2 N–H and O–H groups in total. The van der Waals surface area contributed by atoms with Crippen LogP contribution in [0.3, 0.4) is 0 Å². The fourth-order valence-corrected chi connectivity index (χ4v) is 2.63. The lowest BCUT2D eigenvalue weighted by Crippen LogP contribution is -2.11. The van der Waals surface area contributed by atoms with Gasteiger partial charge in [-0.15, -0.1) is 0 Å². The van der Waals surface area contributed by atoms with E-state index in [0.29, 0.717) is 13.2 Å². The summed E-state index contributed by atoms with van der Waals surface area (Å²) in [5.74, 6) is 0.896. The van der Waals surface area contributed by atoms with Crippen LogP contribution in [0.5, 0.6) is 5.75 Å². The zero-order valence-electron chi connectivity index (χ0n) is 13.2. The quantitative estimate of drug-likeness (QED) is 0.851. The number of ether oxygens (including phenoxy) is 1. The number of benzene rings is 1. The molecule has 4 heteroatoms. The van der Waals surface area contributed by atoms with Gasteiger partial charge in [0.15, 0.2) is 0 Å². The molecule has 0 saturated heterocycles. The maximum absolute atomic E-state index is 5.79. The summed E-state index contributed by atoms with van der Waals surface area (Å²) >= 11 is 0. The predicted molar refractivity (Wildman–Crippen MR) is 85.8 cm³/mol. The van der Waals surface area contributed by atoms with E-state index in [0.717, 1.165) is 30.8 Å². The molecule has 1 aromatic heterocycles. The first kappa shape index (κ1) is 15.6. The van der Waals surface area contributed by atoms with Crippen molar-refractivity contribution < 1.29 is 4.74 Å². The van der Waals surface area contributed by atoms with E-state index in [1.807, 2.05) is 16.8 Å². The Balaban J connectivity index is 1.89. The van der Waals surface area contributed by atoms with Crippen molar-refractivity contribution in [3.05, 3.63) is 46.8 Å². The zero-order valence-corrected chi connectivity index (χ0v) is 13.2. The van der Waals surface area contributed by atoms with E-state index >= 15 is 0 Å². The highest BCUT2D eigenvalue weighted by molar-refractivity contribution is 5.27. The summed E-state index contributed by atoms with van der Waals surface area (Å²) in [5, 5.41) is 4.57. The summed E-state index contributed by atoms with van der Waals surface area (Å²) in [6, 6.07) is 8.15. The maximum Gasteiger partial charge on any atom is 0.119 e. The number of nitrogens with zero attached hydrogens (tertiary/aromatic N) is 2. The summed E-state index contributed by atoms with van der Waals surface area (Å²) in [4.78, 5) is 0. The normalized spacial score (nSPS) is 10.9. The third-order valence-corrected chi connectivity index (χ3v) is 3.81. The molecule has 0 aliphatic heterocycles. The molecule has 21 heavy (non-hydrogen) atoms. The minimum atomic E-state index is 0.626. The molecular weight excluding hydrogens is 262 g/mol. The smallest absolute Gasteiger partial charge is 0.119 e. The minimum Gasteiger partial charge on any atom is -0.492 e. The molecule has 2 aromatic rings. The van der Waals surface area contributed by atoms with Crippen molar-refractivity contribution in [3.63, 3.8) is 0 Å². The molecular formula is C17H25N3O. The van der Waals surface area contributed by atoms with Crippen molar-refractivity contribution >= 4 is 0 Å². The number of aromatic nitrogens is 2. The Bertz CT molecular complexity index is 572. The van der Waals surface area contributed by atoms with Gasteiger partial charge in [0.25, 0.3) is 0 Å². The third kappa shape index (κ3) is 3.85. The van der Waals surface area contributed by atoms with Crippen LogP contribution in [0, 0.1) is 13.8 Å². The second-order valence-electron chi connectivity index (χ2n) is 5.26. The first-order valence-corrected chi connectivity index (χ1v) is 7.60. The number of hydrogen-bond acceptors (Lipinski definition) is 3. The molecule has 0 aliphatic carbocycles. The summed E-state index contributed by atoms with van der Waals surface area (Å²) in [5.41, 5.74) is 10.5. The van der Waals surface area contributed by atoms with Crippen LogP contribution in [0.15, 0.2) is 24.3 Å². The van der Waals surface area contributed by atoms with Crippen LogP contribution in [0.2, 0.25) is 0 Å². The average Bonchev–Trinajstić information content (AvgIpc) is 2.75. The van der Waals surface area contributed by atoms with Gasteiger partial charge in [-0.1, -0.05) is 19.1 Å². The highest BCUT2D eigenvalue weighted by Crippen LogP contribution is 2.15.